The summed E-state index contributed by atoms with van der Waals surface area (Å²) in [5.74, 6) is -5.56. The first-order valence-electron chi connectivity index (χ1n) is 17.6. The zero-order valence-electron chi connectivity index (χ0n) is 29.8. The summed E-state index contributed by atoms with van der Waals surface area (Å²) in [6.45, 7) is 4.37. The number of methoxy groups -OCH3 is 1. The molecule has 2 bridgehead atoms. The van der Waals surface area contributed by atoms with Crippen LogP contribution >= 0.6 is 0 Å². The number of hydrogen-bond acceptors (Lipinski definition) is 5. The molecule has 1 aromatic heterocycles. The number of ether oxygens (including phenoxy) is 1. The Morgan fingerprint density at radius 3 is 2.30 bits per heavy atom. The van der Waals surface area contributed by atoms with Crippen LogP contribution in [0.2, 0.25) is 0 Å². The molecule has 1 amide bonds. The molecule has 3 aromatic rings. The summed E-state index contributed by atoms with van der Waals surface area (Å²) in [5, 5.41) is 12.1. The summed E-state index contributed by atoms with van der Waals surface area (Å²) in [7, 11) is 1.52. The number of hydrogen-bond donors (Lipinski definition) is 2. The Labute approximate surface area is 306 Å². The first-order chi connectivity index (χ1) is 25.3. The molecule has 5 rings (SSSR count). The number of nitrogens with one attached hydrogen (secondary N) is 1. The maximum Gasteiger partial charge on any atom is 0.419 e. The van der Waals surface area contributed by atoms with Gasteiger partial charge in [-0.25, -0.2) is 8.78 Å². The summed E-state index contributed by atoms with van der Waals surface area (Å²) in [5.41, 5.74) is -4.61. The molecule has 2 aliphatic heterocycles. The number of carbonyl (C=O) groups is 2. The highest BCUT2D eigenvalue weighted by atomic mass is 19.4. The van der Waals surface area contributed by atoms with E-state index in [1.807, 2.05) is 4.90 Å². The van der Waals surface area contributed by atoms with Gasteiger partial charge in [0.2, 0.25) is 5.91 Å². The fourth-order valence-electron chi connectivity index (χ4n) is 7.44. The van der Waals surface area contributed by atoms with Gasteiger partial charge in [-0.3, -0.25) is 19.3 Å². The minimum absolute atomic E-state index is 0.0731. The minimum atomic E-state index is -5.27. The van der Waals surface area contributed by atoms with Gasteiger partial charge in [0, 0.05) is 44.6 Å². The van der Waals surface area contributed by atoms with E-state index in [9.17, 15) is 50.2 Å². The van der Waals surface area contributed by atoms with Crippen molar-refractivity contribution in [3.63, 3.8) is 0 Å². The lowest BCUT2D eigenvalue weighted by Gasteiger charge is -2.38. The number of alkyl halides is 6. The van der Waals surface area contributed by atoms with Gasteiger partial charge in [0.05, 0.1) is 29.7 Å². The lowest BCUT2D eigenvalue weighted by Crippen LogP contribution is -2.52. The normalized spacial score (nSPS) is 20.7. The van der Waals surface area contributed by atoms with Crippen molar-refractivity contribution in [1.82, 2.24) is 14.8 Å². The van der Waals surface area contributed by atoms with Gasteiger partial charge in [-0.2, -0.15) is 26.3 Å². The van der Waals surface area contributed by atoms with E-state index in [2.05, 4.69) is 5.32 Å². The van der Waals surface area contributed by atoms with Gasteiger partial charge in [0.15, 0.2) is 0 Å². The summed E-state index contributed by atoms with van der Waals surface area (Å²) in [6, 6.07) is 0.757. The number of likely N-dealkylation sites (tertiary alicyclic amines) is 1. The number of halogens is 8. The Bertz CT molecular complexity index is 1940. The highest BCUT2D eigenvalue weighted by Gasteiger charge is 2.40. The molecule has 1 unspecified atom stereocenters. The lowest BCUT2D eigenvalue weighted by atomic mass is 9.88. The molecular formula is C38H41F8N3O5. The largest absolute Gasteiger partial charge is 0.481 e. The average molecular weight is 772 g/mol. The van der Waals surface area contributed by atoms with Crippen LogP contribution in [0.25, 0.3) is 11.1 Å². The molecule has 2 aliphatic rings. The van der Waals surface area contributed by atoms with Gasteiger partial charge < -0.3 is 19.7 Å². The van der Waals surface area contributed by atoms with E-state index in [-0.39, 0.29) is 60.1 Å². The van der Waals surface area contributed by atoms with Crippen molar-refractivity contribution in [1.29, 1.82) is 0 Å². The van der Waals surface area contributed by atoms with Gasteiger partial charge in [-0.1, -0.05) is 19.8 Å². The number of benzene rings is 2. The second kappa shape index (κ2) is 16.2. The lowest BCUT2D eigenvalue weighted by molar-refractivity contribution is -0.140. The third kappa shape index (κ3) is 9.31. The molecule has 2 N–H and O–H groups in total. The molecule has 3 atom stereocenters. The predicted octanol–water partition coefficient (Wildman–Crippen LogP) is 7.64. The summed E-state index contributed by atoms with van der Waals surface area (Å²) < 4.78 is 122. The van der Waals surface area contributed by atoms with Gasteiger partial charge in [0.1, 0.15) is 17.7 Å². The Kier molecular flexibility index (Phi) is 12.3. The maximum atomic E-state index is 16.0. The number of aryl methyl sites for hydroxylation is 2. The quantitative estimate of drug-likeness (QED) is 0.240. The molecular weight excluding hydrogens is 730 g/mol. The zero-order chi connectivity index (χ0) is 39.7. The second-order valence-electron chi connectivity index (χ2n) is 14.3. The van der Waals surface area contributed by atoms with E-state index in [1.54, 1.807) is 6.92 Å². The number of aromatic nitrogens is 1. The number of aliphatic carboxylic acids is 1. The average Bonchev–Trinajstić information content (AvgIpc) is 3.04. The van der Waals surface area contributed by atoms with Crippen molar-refractivity contribution in [3.05, 3.63) is 91.9 Å². The van der Waals surface area contributed by atoms with E-state index in [4.69, 9.17) is 4.74 Å². The standard InChI is InChI=1S/C38H41F8N3O5/c1-20-6-4-5-7-22-12-25(39)11-21(2)34(22)24-13-27(35(40)29(14-24)38(44,45)46)30(16-33(51)52)47-36(53)31(10-20)49-17-23(8-9-48-18-26(19-48)54-3)28(15-32(49)50)37(41,42)43/h11-15,17,20,26,30-31H,4-10,16,18-19H2,1-3H3,(H,47,53)(H,51,52)/t20?,30-,31-/m0/s1. The maximum absolute atomic E-state index is 16.0. The van der Waals surface area contributed by atoms with Gasteiger partial charge in [0.25, 0.3) is 5.56 Å². The van der Waals surface area contributed by atoms with Crippen molar-refractivity contribution in [2.75, 3.05) is 26.7 Å². The van der Waals surface area contributed by atoms with Crippen molar-refractivity contribution < 1.29 is 54.6 Å². The molecule has 1 saturated heterocycles. The van der Waals surface area contributed by atoms with Crippen LogP contribution in [0.15, 0.2) is 41.3 Å². The number of amides is 1. The number of rotatable bonds is 7. The molecule has 16 heteroatoms. The molecule has 0 radical (unpaired) electrons. The Morgan fingerprint density at radius 2 is 1.67 bits per heavy atom. The Morgan fingerprint density at radius 1 is 0.981 bits per heavy atom. The van der Waals surface area contributed by atoms with Gasteiger partial charge in [-0.05, 0) is 90.6 Å². The second-order valence-corrected chi connectivity index (χ2v) is 14.3. The molecule has 0 saturated carbocycles. The van der Waals surface area contributed by atoms with Gasteiger partial charge in [-0.15, -0.1) is 0 Å². The fourth-order valence-corrected chi connectivity index (χ4v) is 7.44. The molecule has 2 aromatic carbocycles. The van der Waals surface area contributed by atoms with Crippen LogP contribution in [0.4, 0.5) is 35.1 Å². The van der Waals surface area contributed by atoms with Crippen molar-refractivity contribution in [2.24, 2.45) is 5.92 Å². The van der Waals surface area contributed by atoms with Crippen LogP contribution in [0.5, 0.6) is 0 Å². The predicted molar refractivity (Wildman–Crippen MR) is 182 cm³/mol. The van der Waals surface area contributed by atoms with Crippen molar-refractivity contribution in [3.8, 4) is 11.1 Å². The highest BCUT2D eigenvalue weighted by Crippen LogP contribution is 2.41. The van der Waals surface area contributed by atoms with E-state index >= 15 is 4.39 Å². The number of nitrogens with zero attached hydrogens (tertiary/aromatic N) is 2. The highest BCUT2D eigenvalue weighted by molar-refractivity contribution is 5.82. The fraction of sp³-hybridized carbons (Fsp3) is 0.500. The van der Waals surface area contributed by atoms with E-state index in [0.717, 1.165) is 22.9 Å². The van der Waals surface area contributed by atoms with Crippen LogP contribution in [-0.2, 0) is 39.5 Å². The molecule has 1 fully saturated rings. The Hall–Kier alpha value is -4.31. The third-order valence-corrected chi connectivity index (χ3v) is 10.2. The van der Waals surface area contributed by atoms with Crippen molar-refractivity contribution >= 4 is 11.9 Å². The summed E-state index contributed by atoms with van der Waals surface area (Å²) >= 11 is 0. The Balaban J connectivity index is 1.65. The molecule has 3 heterocycles. The molecule has 0 aliphatic carbocycles. The van der Waals surface area contributed by atoms with Crippen LogP contribution in [0.3, 0.4) is 0 Å². The van der Waals surface area contributed by atoms with Crippen molar-refractivity contribution in [2.45, 2.75) is 89.3 Å². The van der Waals surface area contributed by atoms with E-state index in [0.29, 0.717) is 50.0 Å². The SMILES string of the molecule is COC1CN(CCc2cn([C@H]3CC(C)CCCCc4cc(F)cc(C)c4-c4cc(c(F)c(C(F)(F)F)c4)[C@H](CC(=O)O)NC3=O)c(=O)cc2C(F)(F)F)C1. The summed E-state index contributed by atoms with van der Waals surface area (Å²) in [6.07, 6.45) is -9.15. The third-order valence-electron chi connectivity index (χ3n) is 10.2. The van der Waals surface area contributed by atoms with Crippen LogP contribution in [0, 0.1) is 24.5 Å². The minimum Gasteiger partial charge on any atom is -0.481 e. The summed E-state index contributed by atoms with van der Waals surface area (Å²) in [4.78, 5) is 41.6. The number of fused-ring (bicyclic) bond motifs is 4. The first kappa shape index (κ1) is 40.9. The van der Waals surface area contributed by atoms with E-state index in [1.165, 1.54) is 20.1 Å². The molecule has 8 nitrogen and oxygen atoms in total. The van der Waals surface area contributed by atoms with Crippen LogP contribution in [0.1, 0.15) is 84.5 Å². The molecule has 294 valence electrons. The molecule has 54 heavy (non-hydrogen) atoms. The van der Waals surface area contributed by atoms with Crippen LogP contribution in [-0.4, -0.2) is 59.3 Å². The van der Waals surface area contributed by atoms with Crippen LogP contribution < -0.4 is 10.9 Å². The first-order valence-corrected chi connectivity index (χ1v) is 17.6. The smallest absolute Gasteiger partial charge is 0.419 e. The van der Waals surface area contributed by atoms with E-state index < -0.39 is 76.6 Å². The number of carboxylic acids is 1. The zero-order valence-corrected chi connectivity index (χ0v) is 29.8. The number of carboxylic acid groups (broad SMARTS) is 1. The topological polar surface area (TPSA) is 101 Å². The molecule has 0 spiro atoms. The number of carbonyl (C=O) groups excluding carboxylic acids is 1. The van der Waals surface area contributed by atoms with Gasteiger partial charge >= 0.3 is 18.3 Å². The monoisotopic (exact) mass is 771 g/mol. The number of pyridine rings is 1.